The van der Waals surface area contributed by atoms with Crippen LogP contribution in [0.4, 0.5) is 0 Å². The largest absolute Gasteiger partial charge is 0.354 e. The predicted molar refractivity (Wildman–Crippen MR) is 142 cm³/mol. The minimum absolute atomic E-state index is 1.17. The molecular formula is C32H19N. The van der Waals surface area contributed by atoms with Crippen molar-refractivity contribution < 1.29 is 0 Å². The van der Waals surface area contributed by atoms with E-state index >= 15 is 0 Å². The van der Waals surface area contributed by atoms with Crippen LogP contribution in [0.1, 0.15) is 0 Å². The topological polar surface area (TPSA) is 15.8 Å². The van der Waals surface area contributed by atoms with Gasteiger partial charge in [-0.15, -0.1) is 0 Å². The first kappa shape index (κ1) is 17.2. The third-order valence-corrected chi connectivity index (χ3v) is 7.34. The van der Waals surface area contributed by atoms with Crippen LogP contribution in [0.2, 0.25) is 0 Å². The number of fused-ring (bicyclic) bond motifs is 5. The van der Waals surface area contributed by atoms with Crippen molar-refractivity contribution in [2.24, 2.45) is 0 Å². The molecule has 0 radical (unpaired) electrons. The molecule has 33 heavy (non-hydrogen) atoms. The first-order valence-electron chi connectivity index (χ1n) is 11.5. The van der Waals surface area contributed by atoms with Gasteiger partial charge in [0.2, 0.25) is 0 Å². The van der Waals surface area contributed by atoms with Gasteiger partial charge >= 0.3 is 0 Å². The first-order valence-corrected chi connectivity index (χ1v) is 11.5. The fraction of sp³-hybridized carbons (Fsp3) is 0. The van der Waals surface area contributed by atoms with Gasteiger partial charge in [-0.3, -0.25) is 0 Å². The minimum Gasteiger partial charge on any atom is -0.354 e. The minimum atomic E-state index is 1.17. The Morgan fingerprint density at radius 3 is 1.88 bits per heavy atom. The summed E-state index contributed by atoms with van der Waals surface area (Å²) in [7, 11) is 0. The van der Waals surface area contributed by atoms with Crippen molar-refractivity contribution in [2.75, 3.05) is 0 Å². The highest BCUT2D eigenvalue weighted by atomic mass is 14.7. The average Bonchev–Trinajstić information content (AvgIpc) is 3.31. The maximum Gasteiger partial charge on any atom is 0.0471 e. The molecule has 0 unspecified atom stereocenters. The van der Waals surface area contributed by atoms with Crippen molar-refractivity contribution in [1.82, 2.24) is 4.98 Å². The quantitative estimate of drug-likeness (QED) is 0.202. The van der Waals surface area contributed by atoms with E-state index in [4.69, 9.17) is 0 Å². The van der Waals surface area contributed by atoms with Gasteiger partial charge in [-0.2, -0.15) is 0 Å². The Kier molecular flexibility index (Phi) is 3.19. The fourth-order valence-electron chi connectivity index (χ4n) is 5.91. The third kappa shape index (κ3) is 2.21. The molecule has 0 aliphatic heterocycles. The monoisotopic (exact) mass is 417 g/mol. The van der Waals surface area contributed by atoms with Crippen LogP contribution in [-0.4, -0.2) is 4.98 Å². The molecule has 1 heterocycles. The van der Waals surface area contributed by atoms with E-state index in [1.54, 1.807) is 0 Å². The number of aromatic amines is 1. The van der Waals surface area contributed by atoms with Gasteiger partial charge in [0.05, 0.1) is 0 Å². The van der Waals surface area contributed by atoms with Crippen molar-refractivity contribution in [2.45, 2.75) is 0 Å². The lowest BCUT2D eigenvalue weighted by molar-refractivity contribution is 1.47. The van der Waals surface area contributed by atoms with Gasteiger partial charge in [-0.1, -0.05) is 97.1 Å². The van der Waals surface area contributed by atoms with E-state index in [-0.39, 0.29) is 0 Å². The summed E-state index contributed by atoms with van der Waals surface area (Å²) in [6, 6.07) is 40.0. The lowest BCUT2D eigenvalue weighted by Gasteiger charge is -2.16. The number of aromatic nitrogens is 1. The van der Waals surface area contributed by atoms with Crippen LogP contribution in [0, 0.1) is 0 Å². The zero-order valence-corrected chi connectivity index (χ0v) is 17.9. The maximum absolute atomic E-state index is 3.71. The molecule has 1 nitrogen and oxygen atoms in total. The summed E-state index contributed by atoms with van der Waals surface area (Å²) < 4.78 is 0. The molecule has 0 bridgehead atoms. The van der Waals surface area contributed by atoms with E-state index in [0.717, 1.165) is 0 Å². The Morgan fingerprint density at radius 1 is 0.394 bits per heavy atom. The van der Waals surface area contributed by atoms with E-state index < -0.39 is 0 Å². The molecule has 0 spiro atoms. The van der Waals surface area contributed by atoms with Gasteiger partial charge in [0.15, 0.2) is 0 Å². The van der Waals surface area contributed by atoms with Gasteiger partial charge < -0.3 is 4.98 Å². The normalized spacial score (nSPS) is 12.2. The Hall–Kier alpha value is -4.36. The smallest absolute Gasteiger partial charge is 0.0471 e. The van der Waals surface area contributed by atoms with Crippen LogP contribution in [0.25, 0.3) is 76.0 Å². The molecule has 0 fully saturated rings. The number of nitrogens with one attached hydrogen (secondary N) is 1. The highest BCUT2D eigenvalue weighted by Gasteiger charge is 2.16. The van der Waals surface area contributed by atoms with E-state index in [1.807, 2.05) is 0 Å². The Labute approximate surface area is 190 Å². The average molecular weight is 418 g/mol. The molecule has 0 aliphatic carbocycles. The van der Waals surface area contributed by atoms with Crippen molar-refractivity contribution in [3.63, 3.8) is 0 Å². The van der Waals surface area contributed by atoms with E-state index in [1.165, 1.54) is 76.0 Å². The second-order valence-corrected chi connectivity index (χ2v) is 9.03. The molecule has 0 saturated heterocycles. The second kappa shape index (κ2) is 6.11. The van der Waals surface area contributed by atoms with Crippen molar-refractivity contribution in [3.8, 4) is 11.3 Å². The second-order valence-electron chi connectivity index (χ2n) is 9.03. The van der Waals surface area contributed by atoms with Crippen LogP contribution in [-0.2, 0) is 0 Å². The van der Waals surface area contributed by atoms with Crippen molar-refractivity contribution >= 4 is 64.8 Å². The van der Waals surface area contributed by atoms with E-state index in [0.29, 0.717) is 0 Å². The summed E-state index contributed by atoms with van der Waals surface area (Å²) in [5.74, 6) is 0. The first-order chi connectivity index (χ1) is 16.4. The van der Waals surface area contributed by atoms with E-state index in [9.17, 15) is 0 Å². The molecular weight excluding hydrogens is 398 g/mol. The fourth-order valence-corrected chi connectivity index (χ4v) is 5.91. The summed E-state index contributed by atoms with van der Waals surface area (Å²) in [6.45, 7) is 0. The van der Waals surface area contributed by atoms with E-state index in [2.05, 4.69) is 114 Å². The predicted octanol–water partition coefficient (Wildman–Crippen LogP) is 9.04. The van der Waals surface area contributed by atoms with Crippen molar-refractivity contribution in [1.29, 1.82) is 0 Å². The maximum atomic E-state index is 3.71. The van der Waals surface area contributed by atoms with Gasteiger partial charge in [-0.25, -0.2) is 0 Å². The molecule has 0 amide bonds. The molecule has 1 aromatic heterocycles. The highest BCUT2D eigenvalue weighted by molar-refractivity contribution is 6.34. The van der Waals surface area contributed by atoms with Crippen LogP contribution in [0.3, 0.4) is 0 Å². The lowest BCUT2D eigenvalue weighted by Crippen LogP contribution is -1.89. The number of rotatable bonds is 1. The lowest BCUT2D eigenvalue weighted by atomic mass is 9.88. The molecule has 0 atom stereocenters. The van der Waals surface area contributed by atoms with Gasteiger partial charge in [0.1, 0.15) is 0 Å². The van der Waals surface area contributed by atoms with Crippen LogP contribution in [0.5, 0.6) is 0 Å². The summed E-state index contributed by atoms with van der Waals surface area (Å²) in [6.07, 6.45) is 0. The molecule has 8 aromatic rings. The number of benzene rings is 7. The molecule has 152 valence electrons. The summed E-state index contributed by atoms with van der Waals surface area (Å²) in [5, 5.41) is 14.5. The zero-order chi connectivity index (χ0) is 21.5. The van der Waals surface area contributed by atoms with Gasteiger partial charge in [0, 0.05) is 22.2 Å². The molecule has 1 heteroatoms. The molecule has 8 rings (SSSR count). The summed E-state index contributed by atoms with van der Waals surface area (Å²) in [5.41, 5.74) is 3.60. The Balaban J connectivity index is 1.52. The third-order valence-electron chi connectivity index (χ3n) is 7.34. The van der Waals surface area contributed by atoms with Gasteiger partial charge in [0.25, 0.3) is 0 Å². The number of hydrogen-bond donors (Lipinski definition) is 1. The van der Waals surface area contributed by atoms with Crippen LogP contribution < -0.4 is 0 Å². The summed E-state index contributed by atoms with van der Waals surface area (Å²) >= 11 is 0. The molecule has 0 aliphatic rings. The van der Waals surface area contributed by atoms with Crippen molar-refractivity contribution in [3.05, 3.63) is 109 Å². The highest BCUT2D eigenvalue weighted by Crippen LogP contribution is 2.43. The number of H-pyrrole nitrogens is 1. The number of hydrogen-bond acceptors (Lipinski definition) is 0. The Bertz CT molecular complexity index is 1970. The molecule has 7 aromatic carbocycles. The zero-order valence-electron chi connectivity index (χ0n) is 17.9. The summed E-state index contributed by atoms with van der Waals surface area (Å²) in [4.78, 5) is 3.71. The molecule has 1 N–H and O–H groups in total. The van der Waals surface area contributed by atoms with Crippen LogP contribution in [0.15, 0.2) is 109 Å². The standard InChI is InChI=1S/C32H19N/c1-2-9-21-19(6-1)14-17-29-28(21)18-30(33-29)22-15-16-27-25-11-4-8-20-7-3-10-24(31(20)25)26-13-5-12-23(22)32(26)27/h1-18,33H. The SMILES string of the molecule is c1ccc2c(c1)ccc1[nH]c(-c3ccc4c5cccc6cccc(c7cccc3c74)c65)cc12. The Morgan fingerprint density at radius 2 is 1.03 bits per heavy atom. The van der Waals surface area contributed by atoms with Crippen LogP contribution >= 0.6 is 0 Å². The van der Waals surface area contributed by atoms with Gasteiger partial charge in [-0.05, 0) is 66.0 Å². The molecule has 0 saturated carbocycles.